The van der Waals surface area contributed by atoms with Crippen molar-refractivity contribution in [3.8, 4) is 23.1 Å². The fourth-order valence-electron chi connectivity index (χ4n) is 2.32. The predicted octanol–water partition coefficient (Wildman–Crippen LogP) is 6.11. The zero-order chi connectivity index (χ0) is 19.4. The molecular weight excluding hydrogens is 403 g/mol. The molecule has 0 unspecified atom stereocenters. The first-order valence-corrected chi connectivity index (χ1v) is 9.41. The molecule has 0 saturated heterocycles. The lowest BCUT2D eigenvalue weighted by atomic mass is 10.1. The second-order valence-corrected chi connectivity index (χ2v) is 7.20. The van der Waals surface area contributed by atoms with Gasteiger partial charge in [0.25, 0.3) is 0 Å². The highest BCUT2D eigenvalue weighted by Crippen LogP contribution is 2.33. The highest BCUT2D eigenvalue weighted by Gasteiger charge is 2.12. The van der Waals surface area contributed by atoms with Crippen molar-refractivity contribution in [2.75, 3.05) is 0 Å². The summed E-state index contributed by atoms with van der Waals surface area (Å²) in [6.07, 6.45) is 1.73. The van der Waals surface area contributed by atoms with Crippen LogP contribution in [0.2, 0.25) is 10.0 Å². The number of ether oxygens (including phenoxy) is 1. The standard InChI is InChI=1S/C20H12Cl2N2O2S/c1-12(25)26-16-5-2-13(3-6-16)8-14(10-23)20-24-19(11-27-20)17-7-4-15(21)9-18(17)22/h2-9,11H,1H3/b14-8-. The highest BCUT2D eigenvalue weighted by atomic mass is 35.5. The summed E-state index contributed by atoms with van der Waals surface area (Å²) in [7, 11) is 0. The molecule has 0 radical (unpaired) electrons. The van der Waals surface area contributed by atoms with Gasteiger partial charge in [-0.25, -0.2) is 4.98 Å². The molecule has 27 heavy (non-hydrogen) atoms. The molecule has 2 aromatic carbocycles. The lowest BCUT2D eigenvalue weighted by Gasteiger charge is -2.02. The maximum atomic E-state index is 11.0. The van der Waals surface area contributed by atoms with E-state index < -0.39 is 0 Å². The first-order chi connectivity index (χ1) is 13.0. The minimum Gasteiger partial charge on any atom is -0.427 e. The molecule has 0 N–H and O–H groups in total. The van der Waals surface area contributed by atoms with Crippen LogP contribution in [0, 0.1) is 11.3 Å². The molecule has 0 spiro atoms. The number of rotatable bonds is 4. The number of aromatic nitrogens is 1. The predicted molar refractivity (Wildman–Crippen MR) is 109 cm³/mol. The second kappa shape index (κ2) is 8.36. The zero-order valence-corrected chi connectivity index (χ0v) is 16.4. The Labute approximate surface area is 170 Å². The Morgan fingerprint density at radius 1 is 1.22 bits per heavy atom. The van der Waals surface area contributed by atoms with Gasteiger partial charge in [0.2, 0.25) is 0 Å². The maximum absolute atomic E-state index is 11.0. The quantitative estimate of drug-likeness (QED) is 0.293. The van der Waals surface area contributed by atoms with Crippen LogP contribution in [0.25, 0.3) is 22.9 Å². The smallest absolute Gasteiger partial charge is 0.308 e. The third-order valence-electron chi connectivity index (χ3n) is 3.51. The summed E-state index contributed by atoms with van der Waals surface area (Å²) in [5, 5.41) is 13.0. The van der Waals surface area contributed by atoms with Crippen molar-refractivity contribution >= 4 is 52.2 Å². The molecule has 0 saturated carbocycles. The average molecular weight is 415 g/mol. The van der Waals surface area contributed by atoms with Crippen LogP contribution in [-0.2, 0) is 4.79 Å². The van der Waals surface area contributed by atoms with Gasteiger partial charge in [-0.2, -0.15) is 5.26 Å². The van der Waals surface area contributed by atoms with Crippen molar-refractivity contribution < 1.29 is 9.53 Å². The lowest BCUT2D eigenvalue weighted by Crippen LogP contribution is -2.00. The normalized spacial score (nSPS) is 11.1. The van der Waals surface area contributed by atoms with Crippen LogP contribution >= 0.6 is 34.5 Å². The molecule has 0 amide bonds. The Bertz CT molecular complexity index is 1070. The molecular formula is C20H12Cl2N2O2S. The van der Waals surface area contributed by atoms with E-state index in [2.05, 4.69) is 11.1 Å². The first-order valence-electron chi connectivity index (χ1n) is 7.78. The van der Waals surface area contributed by atoms with E-state index >= 15 is 0 Å². The SMILES string of the molecule is CC(=O)Oc1ccc(/C=C(/C#N)c2nc(-c3ccc(Cl)cc3Cl)cs2)cc1. The summed E-state index contributed by atoms with van der Waals surface area (Å²) in [4.78, 5) is 15.5. The van der Waals surface area contributed by atoms with E-state index in [1.807, 2.05) is 5.38 Å². The van der Waals surface area contributed by atoms with Crippen molar-refractivity contribution in [1.29, 1.82) is 5.26 Å². The van der Waals surface area contributed by atoms with Crippen LogP contribution in [0.4, 0.5) is 0 Å². The summed E-state index contributed by atoms with van der Waals surface area (Å²) in [5.41, 5.74) is 2.66. The van der Waals surface area contributed by atoms with Crippen molar-refractivity contribution in [3.05, 3.63) is 68.5 Å². The maximum Gasteiger partial charge on any atom is 0.308 e. The van der Waals surface area contributed by atoms with Gasteiger partial charge in [0.15, 0.2) is 0 Å². The Kier molecular flexibility index (Phi) is 5.92. The fraction of sp³-hybridized carbons (Fsp3) is 0.0500. The Morgan fingerprint density at radius 2 is 1.96 bits per heavy atom. The number of hydrogen-bond acceptors (Lipinski definition) is 5. The Morgan fingerprint density at radius 3 is 2.59 bits per heavy atom. The van der Waals surface area contributed by atoms with Gasteiger partial charge in [0.1, 0.15) is 16.8 Å². The number of nitrogens with zero attached hydrogens (tertiary/aromatic N) is 2. The van der Waals surface area contributed by atoms with Gasteiger partial charge in [-0.15, -0.1) is 11.3 Å². The van der Waals surface area contributed by atoms with E-state index in [9.17, 15) is 10.1 Å². The number of halogens is 2. The number of thiazole rings is 1. The molecule has 0 aliphatic carbocycles. The molecule has 0 bridgehead atoms. The Balaban J connectivity index is 1.88. The molecule has 1 heterocycles. The van der Waals surface area contributed by atoms with Crippen LogP contribution in [0.15, 0.2) is 47.8 Å². The number of benzene rings is 2. The summed E-state index contributed by atoms with van der Waals surface area (Å²) < 4.78 is 5.00. The van der Waals surface area contributed by atoms with Gasteiger partial charge in [0, 0.05) is 22.9 Å². The van der Waals surface area contributed by atoms with Gasteiger partial charge in [-0.1, -0.05) is 35.3 Å². The van der Waals surface area contributed by atoms with Crippen LogP contribution in [-0.4, -0.2) is 11.0 Å². The molecule has 1 aromatic heterocycles. The van der Waals surface area contributed by atoms with Crippen molar-refractivity contribution in [2.24, 2.45) is 0 Å². The van der Waals surface area contributed by atoms with Gasteiger partial charge in [-0.05, 0) is 42.0 Å². The first kappa shape index (κ1) is 19.1. The second-order valence-electron chi connectivity index (χ2n) is 5.49. The average Bonchev–Trinajstić information content (AvgIpc) is 3.10. The van der Waals surface area contributed by atoms with E-state index in [-0.39, 0.29) is 5.97 Å². The van der Waals surface area contributed by atoms with Crippen LogP contribution in [0.3, 0.4) is 0 Å². The van der Waals surface area contributed by atoms with E-state index in [1.54, 1.807) is 48.5 Å². The van der Waals surface area contributed by atoms with Crippen molar-refractivity contribution in [1.82, 2.24) is 4.98 Å². The molecule has 3 rings (SSSR count). The summed E-state index contributed by atoms with van der Waals surface area (Å²) >= 11 is 13.5. The van der Waals surface area contributed by atoms with Crippen LogP contribution in [0.5, 0.6) is 5.75 Å². The third-order valence-corrected chi connectivity index (χ3v) is 4.94. The van der Waals surface area contributed by atoms with Gasteiger partial charge in [0.05, 0.1) is 16.3 Å². The summed E-state index contributed by atoms with van der Waals surface area (Å²) in [6, 6.07) is 14.2. The van der Waals surface area contributed by atoms with Crippen molar-refractivity contribution in [3.63, 3.8) is 0 Å². The fourth-order valence-corrected chi connectivity index (χ4v) is 3.62. The zero-order valence-electron chi connectivity index (χ0n) is 14.1. The number of carbonyl (C=O) groups is 1. The molecule has 134 valence electrons. The number of esters is 1. The lowest BCUT2D eigenvalue weighted by molar-refractivity contribution is -0.131. The van der Waals surface area contributed by atoms with Crippen LogP contribution < -0.4 is 4.74 Å². The monoisotopic (exact) mass is 414 g/mol. The summed E-state index contributed by atoms with van der Waals surface area (Å²) in [6.45, 7) is 1.34. The molecule has 0 aliphatic heterocycles. The van der Waals surface area contributed by atoms with E-state index in [1.165, 1.54) is 18.3 Å². The molecule has 0 aliphatic rings. The molecule has 0 atom stereocenters. The number of carbonyl (C=O) groups excluding carboxylic acids is 1. The van der Waals surface area contributed by atoms with E-state index in [0.717, 1.165) is 11.1 Å². The van der Waals surface area contributed by atoms with Crippen LogP contribution in [0.1, 0.15) is 17.5 Å². The van der Waals surface area contributed by atoms with Gasteiger partial charge >= 0.3 is 5.97 Å². The van der Waals surface area contributed by atoms with E-state index in [0.29, 0.717) is 32.1 Å². The molecule has 4 nitrogen and oxygen atoms in total. The molecule has 3 aromatic rings. The number of allylic oxidation sites excluding steroid dienone is 1. The van der Waals surface area contributed by atoms with Gasteiger partial charge in [-0.3, -0.25) is 4.79 Å². The van der Waals surface area contributed by atoms with Crippen molar-refractivity contribution in [2.45, 2.75) is 6.92 Å². The highest BCUT2D eigenvalue weighted by molar-refractivity contribution is 7.11. The molecule has 7 heteroatoms. The third kappa shape index (κ3) is 4.75. The minimum absolute atomic E-state index is 0.382. The van der Waals surface area contributed by atoms with E-state index in [4.69, 9.17) is 27.9 Å². The topological polar surface area (TPSA) is 63.0 Å². The number of nitriles is 1. The number of hydrogen-bond donors (Lipinski definition) is 0. The van der Waals surface area contributed by atoms with Gasteiger partial charge < -0.3 is 4.74 Å². The minimum atomic E-state index is -0.382. The largest absolute Gasteiger partial charge is 0.427 e. The summed E-state index contributed by atoms with van der Waals surface area (Å²) in [5.74, 6) is 0.0688. The Hall–Kier alpha value is -2.65. The molecule has 0 fully saturated rings.